The Hall–Kier alpha value is -2.06. The third-order valence-corrected chi connectivity index (χ3v) is 6.81. The summed E-state index contributed by atoms with van der Waals surface area (Å²) in [5.74, 6) is 0.134. The van der Waals surface area contributed by atoms with Crippen molar-refractivity contribution in [2.24, 2.45) is 7.05 Å². The van der Waals surface area contributed by atoms with E-state index < -0.39 is 11.7 Å². The second-order valence-electron chi connectivity index (χ2n) is 8.03. The molecule has 0 bridgehead atoms. The number of allylic oxidation sites excluding steroid dienone is 2. The lowest BCUT2D eigenvalue weighted by molar-refractivity contribution is -0.137. The van der Waals surface area contributed by atoms with Crippen molar-refractivity contribution in [2.45, 2.75) is 37.9 Å². The summed E-state index contributed by atoms with van der Waals surface area (Å²) in [4.78, 5) is 2.40. The van der Waals surface area contributed by atoms with Crippen LogP contribution in [0.2, 0.25) is 0 Å². The molecule has 4 rings (SSSR count). The third kappa shape index (κ3) is 4.32. The van der Waals surface area contributed by atoms with Gasteiger partial charge < -0.3 is 10.2 Å². The van der Waals surface area contributed by atoms with Crippen LogP contribution in [0.4, 0.5) is 13.2 Å². The molecule has 0 spiro atoms. The maximum atomic E-state index is 13.1. The summed E-state index contributed by atoms with van der Waals surface area (Å²) < 4.78 is 42.0. The molecule has 0 aliphatic carbocycles. The largest absolute Gasteiger partial charge is 0.416 e. The SMILES string of the molecule is CCC1=C(c2c(Br)cnn2C)N([C@H]2CNCC[C@@H]2c2ccc(C(F)(F)F)cc2)CC=C1. The van der Waals surface area contributed by atoms with Crippen LogP contribution >= 0.6 is 15.9 Å². The fourth-order valence-corrected chi connectivity index (χ4v) is 5.23. The first-order chi connectivity index (χ1) is 14.8. The number of nitrogens with one attached hydrogen (secondary N) is 1. The first kappa shape index (κ1) is 22.1. The van der Waals surface area contributed by atoms with Gasteiger partial charge in [-0.05, 0) is 58.6 Å². The van der Waals surface area contributed by atoms with Crippen LogP contribution in [0.5, 0.6) is 0 Å². The van der Waals surface area contributed by atoms with Crippen LogP contribution in [0.15, 0.2) is 52.7 Å². The van der Waals surface area contributed by atoms with E-state index in [1.54, 1.807) is 18.3 Å². The van der Waals surface area contributed by atoms with Crippen LogP contribution < -0.4 is 5.32 Å². The fraction of sp³-hybridized carbons (Fsp3) is 0.435. The van der Waals surface area contributed by atoms with E-state index in [-0.39, 0.29) is 12.0 Å². The number of aryl methyl sites for hydroxylation is 1. The Kier molecular flexibility index (Phi) is 6.30. The molecule has 0 amide bonds. The molecule has 0 radical (unpaired) electrons. The molecule has 8 heteroatoms. The summed E-state index contributed by atoms with van der Waals surface area (Å²) in [6, 6.07) is 5.83. The van der Waals surface area contributed by atoms with Gasteiger partial charge in [-0.3, -0.25) is 4.68 Å². The lowest BCUT2D eigenvalue weighted by Crippen LogP contribution is -2.50. The van der Waals surface area contributed by atoms with E-state index in [1.165, 1.54) is 17.7 Å². The monoisotopic (exact) mass is 494 g/mol. The molecule has 0 unspecified atom stereocenters. The normalized spacial score (nSPS) is 22.3. The second kappa shape index (κ2) is 8.82. The van der Waals surface area contributed by atoms with E-state index in [2.05, 4.69) is 50.3 Å². The van der Waals surface area contributed by atoms with Crippen molar-refractivity contribution in [3.8, 4) is 0 Å². The standard InChI is InChI=1S/C23H26BrF3N4/c1-3-15-5-4-12-31(21(15)22-19(24)13-29-30(22)2)20-14-28-11-10-18(20)16-6-8-17(9-7-16)23(25,26)27/h4-9,13,18,20,28H,3,10-12,14H2,1-2H3/t18-,20+/m1/s1. The lowest BCUT2D eigenvalue weighted by atomic mass is 9.83. The number of alkyl halides is 3. The van der Waals surface area contributed by atoms with E-state index in [1.807, 2.05) is 11.7 Å². The van der Waals surface area contributed by atoms with Gasteiger partial charge in [-0.2, -0.15) is 18.3 Å². The highest BCUT2D eigenvalue weighted by Gasteiger charge is 2.36. The Bertz CT molecular complexity index is 972. The molecule has 3 heterocycles. The van der Waals surface area contributed by atoms with E-state index in [9.17, 15) is 13.2 Å². The second-order valence-corrected chi connectivity index (χ2v) is 8.89. The van der Waals surface area contributed by atoms with Gasteiger partial charge in [0.2, 0.25) is 0 Å². The van der Waals surface area contributed by atoms with Crippen LogP contribution in [0.25, 0.3) is 5.70 Å². The number of halogens is 4. The molecule has 1 aromatic heterocycles. The Morgan fingerprint density at radius 3 is 2.58 bits per heavy atom. The molecule has 2 aliphatic rings. The smallest absolute Gasteiger partial charge is 0.361 e. The molecule has 166 valence electrons. The van der Waals surface area contributed by atoms with Gasteiger partial charge in [-0.25, -0.2) is 0 Å². The predicted molar refractivity (Wildman–Crippen MR) is 119 cm³/mol. The van der Waals surface area contributed by atoms with Crippen molar-refractivity contribution in [3.63, 3.8) is 0 Å². The first-order valence-electron chi connectivity index (χ1n) is 10.5. The van der Waals surface area contributed by atoms with Crippen LogP contribution in [0.1, 0.15) is 42.5 Å². The molecule has 0 saturated carbocycles. The summed E-state index contributed by atoms with van der Waals surface area (Å²) >= 11 is 3.66. The van der Waals surface area contributed by atoms with Gasteiger partial charge in [0.05, 0.1) is 27.6 Å². The molecule has 1 N–H and O–H groups in total. The molecule has 1 aromatic carbocycles. The quantitative estimate of drug-likeness (QED) is 0.622. The van der Waals surface area contributed by atoms with E-state index in [4.69, 9.17) is 0 Å². The maximum Gasteiger partial charge on any atom is 0.416 e. The van der Waals surface area contributed by atoms with Crippen molar-refractivity contribution in [3.05, 3.63) is 69.5 Å². The number of rotatable bonds is 4. The molecule has 2 aromatic rings. The Balaban J connectivity index is 1.73. The van der Waals surface area contributed by atoms with Gasteiger partial charge in [0.1, 0.15) is 0 Å². The van der Waals surface area contributed by atoms with Crippen molar-refractivity contribution in [1.82, 2.24) is 20.0 Å². The summed E-state index contributed by atoms with van der Waals surface area (Å²) in [5.41, 5.74) is 3.75. The topological polar surface area (TPSA) is 33.1 Å². The van der Waals surface area contributed by atoms with Crippen LogP contribution in [0.3, 0.4) is 0 Å². The maximum absolute atomic E-state index is 13.1. The minimum absolute atomic E-state index is 0.119. The zero-order valence-corrected chi connectivity index (χ0v) is 19.2. The zero-order chi connectivity index (χ0) is 22.2. The van der Waals surface area contributed by atoms with Gasteiger partial charge >= 0.3 is 6.18 Å². The molecular weight excluding hydrogens is 469 g/mol. The minimum Gasteiger partial charge on any atom is -0.361 e. The van der Waals surface area contributed by atoms with Crippen molar-refractivity contribution < 1.29 is 13.2 Å². The predicted octanol–water partition coefficient (Wildman–Crippen LogP) is 5.34. The molecule has 31 heavy (non-hydrogen) atoms. The Morgan fingerprint density at radius 1 is 1.23 bits per heavy atom. The molecule has 2 aliphatic heterocycles. The molecule has 4 nitrogen and oxygen atoms in total. The number of nitrogens with zero attached hydrogens (tertiary/aromatic N) is 3. The zero-order valence-electron chi connectivity index (χ0n) is 17.6. The Labute approximate surface area is 188 Å². The minimum atomic E-state index is -4.32. The van der Waals surface area contributed by atoms with Crippen LogP contribution in [-0.2, 0) is 13.2 Å². The van der Waals surface area contributed by atoms with Gasteiger partial charge in [0.25, 0.3) is 0 Å². The van der Waals surface area contributed by atoms with Crippen LogP contribution in [-0.4, -0.2) is 40.4 Å². The number of hydrogen-bond donors (Lipinski definition) is 1. The van der Waals surface area contributed by atoms with Gasteiger partial charge in [0, 0.05) is 32.1 Å². The number of piperidine rings is 1. The lowest BCUT2D eigenvalue weighted by Gasteiger charge is -2.44. The van der Waals surface area contributed by atoms with Gasteiger partial charge in [-0.1, -0.05) is 31.2 Å². The van der Waals surface area contributed by atoms with E-state index >= 15 is 0 Å². The number of benzene rings is 1. The van der Waals surface area contributed by atoms with Crippen molar-refractivity contribution >= 4 is 21.6 Å². The summed E-state index contributed by atoms with van der Waals surface area (Å²) in [5, 5.41) is 7.91. The first-order valence-corrected chi connectivity index (χ1v) is 11.3. The average molecular weight is 495 g/mol. The van der Waals surface area contributed by atoms with E-state index in [0.717, 1.165) is 53.9 Å². The van der Waals surface area contributed by atoms with Crippen molar-refractivity contribution in [1.29, 1.82) is 0 Å². The summed E-state index contributed by atoms with van der Waals surface area (Å²) in [6.45, 7) is 4.51. The van der Waals surface area contributed by atoms with Crippen LogP contribution in [0, 0.1) is 0 Å². The fourth-order valence-electron chi connectivity index (χ4n) is 4.69. The highest BCUT2D eigenvalue weighted by Crippen LogP contribution is 2.39. The van der Waals surface area contributed by atoms with Crippen molar-refractivity contribution in [2.75, 3.05) is 19.6 Å². The highest BCUT2D eigenvalue weighted by atomic mass is 79.9. The molecule has 2 atom stereocenters. The van der Waals surface area contributed by atoms with Gasteiger partial charge in [-0.15, -0.1) is 0 Å². The molecular formula is C23H26BrF3N4. The Morgan fingerprint density at radius 2 is 1.97 bits per heavy atom. The summed E-state index contributed by atoms with van der Waals surface area (Å²) in [7, 11) is 1.93. The van der Waals surface area contributed by atoms with E-state index in [0.29, 0.717) is 0 Å². The average Bonchev–Trinajstić information content (AvgIpc) is 3.10. The summed E-state index contributed by atoms with van der Waals surface area (Å²) in [6.07, 6.45) is 3.59. The number of hydrogen-bond acceptors (Lipinski definition) is 3. The third-order valence-electron chi connectivity index (χ3n) is 6.23. The molecule has 1 fully saturated rings. The van der Waals surface area contributed by atoms with Gasteiger partial charge in [0.15, 0.2) is 0 Å². The number of aromatic nitrogens is 2. The molecule has 1 saturated heterocycles. The highest BCUT2D eigenvalue weighted by molar-refractivity contribution is 9.10.